The average Bonchev–Trinajstić information content (AvgIpc) is 2.19. The molecule has 0 atom stereocenters. The van der Waals surface area contributed by atoms with Crippen molar-refractivity contribution < 1.29 is 14.4 Å². The molecule has 0 bridgehead atoms. The maximum atomic E-state index is 11.3. The molecule has 0 aliphatic carbocycles. The zero-order chi connectivity index (χ0) is 10.6. The number of rotatable bonds is 4. The maximum absolute atomic E-state index is 11.3. The lowest BCUT2D eigenvalue weighted by molar-refractivity contribution is -0.134. The fraction of sp³-hybridized carbons (Fsp3) is 0.222. The van der Waals surface area contributed by atoms with Gasteiger partial charge in [0.1, 0.15) is 0 Å². The normalized spacial score (nSPS) is 9.50. The number of nitrogens with zero attached hydrogens (tertiary/aromatic N) is 2. The van der Waals surface area contributed by atoms with Crippen molar-refractivity contribution in [3.63, 3.8) is 0 Å². The van der Waals surface area contributed by atoms with Gasteiger partial charge in [-0.1, -0.05) is 0 Å². The Bertz CT molecular complexity index is 373. The third-order valence-electron chi connectivity index (χ3n) is 1.53. The van der Waals surface area contributed by atoms with Crippen molar-refractivity contribution in [3.05, 3.63) is 24.3 Å². The minimum Gasteiger partial charge on any atom is -0.291 e. The van der Waals surface area contributed by atoms with Crippen molar-refractivity contribution >= 4 is 17.3 Å². The van der Waals surface area contributed by atoms with E-state index in [1.165, 1.54) is 12.4 Å². The van der Waals surface area contributed by atoms with Crippen LogP contribution in [0.4, 0.5) is 0 Å². The minimum absolute atomic E-state index is 0.0397. The van der Waals surface area contributed by atoms with Gasteiger partial charge in [0.2, 0.25) is 11.6 Å². The number of hydrogen-bond acceptors (Lipinski definition) is 5. The van der Waals surface area contributed by atoms with Gasteiger partial charge in [-0.15, -0.1) is 0 Å². The molecule has 72 valence electrons. The first-order valence-corrected chi connectivity index (χ1v) is 3.95. The predicted molar refractivity (Wildman–Crippen MR) is 46.7 cm³/mol. The number of carbonyl (C=O) groups is 3. The summed E-state index contributed by atoms with van der Waals surface area (Å²) in [5.41, 5.74) is 0. The van der Waals surface area contributed by atoms with E-state index in [1.54, 1.807) is 6.07 Å². The summed E-state index contributed by atoms with van der Waals surface area (Å²) in [6.07, 6.45) is 2.34. The summed E-state index contributed by atoms with van der Waals surface area (Å²) in [7, 11) is 0. The van der Waals surface area contributed by atoms with Crippen molar-refractivity contribution in [1.29, 1.82) is 0 Å². The molecule has 5 heteroatoms. The number of carbonyl (C=O) groups excluding carboxylic acids is 3. The van der Waals surface area contributed by atoms with Gasteiger partial charge in [-0.3, -0.25) is 14.4 Å². The highest BCUT2D eigenvalue weighted by atomic mass is 16.2. The highest BCUT2D eigenvalue weighted by Gasteiger charge is 2.16. The molecular weight excluding hydrogens is 184 g/mol. The summed E-state index contributed by atoms with van der Waals surface area (Å²) in [4.78, 5) is 40.1. The summed E-state index contributed by atoms with van der Waals surface area (Å²) in [6, 6.07) is 1.56. The van der Waals surface area contributed by atoms with Gasteiger partial charge < -0.3 is 0 Å². The molecule has 0 aliphatic rings. The molecule has 0 unspecified atom stereocenters. The summed E-state index contributed by atoms with van der Waals surface area (Å²) >= 11 is 0. The second kappa shape index (κ2) is 4.36. The van der Waals surface area contributed by atoms with E-state index < -0.39 is 23.8 Å². The standard InChI is InChI=1S/C9H8N2O3/c1-6(12)7(13)5-8(14)9-10-3-2-4-11-9/h2-4H,5H2,1H3. The fourth-order valence-electron chi connectivity index (χ4n) is 0.792. The van der Waals surface area contributed by atoms with Gasteiger partial charge in [-0.25, -0.2) is 9.97 Å². The van der Waals surface area contributed by atoms with E-state index in [0.29, 0.717) is 0 Å². The van der Waals surface area contributed by atoms with E-state index in [-0.39, 0.29) is 5.82 Å². The Balaban J connectivity index is 2.69. The first kappa shape index (κ1) is 10.2. The van der Waals surface area contributed by atoms with E-state index in [2.05, 4.69) is 9.97 Å². The molecule has 0 radical (unpaired) electrons. The van der Waals surface area contributed by atoms with Gasteiger partial charge in [0, 0.05) is 19.3 Å². The SMILES string of the molecule is CC(=O)C(=O)CC(=O)c1ncccn1. The summed E-state index contributed by atoms with van der Waals surface area (Å²) in [5.74, 6) is -1.93. The molecule has 0 saturated heterocycles. The Hall–Kier alpha value is -1.91. The van der Waals surface area contributed by atoms with Gasteiger partial charge in [0.15, 0.2) is 11.6 Å². The molecule has 1 aromatic heterocycles. The Kier molecular flexibility index (Phi) is 3.17. The molecule has 5 nitrogen and oxygen atoms in total. The largest absolute Gasteiger partial charge is 0.291 e. The Labute approximate surface area is 80.2 Å². The van der Waals surface area contributed by atoms with Crippen molar-refractivity contribution in [2.45, 2.75) is 13.3 Å². The van der Waals surface area contributed by atoms with E-state index in [0.717, 1.165) is 6.92 Å². The minimum atomic E-state index is -0.720. The Morgan fingerprint density at radius 2 is 1.79 bits per heavy atom. The van der Waals surface area contributed by atoms with Crippen molar-refractivity contribution in [2.75, 3.05) is 0 Å². The van der Waals surface area contributed by atoms with Crippen LogP contribution in [0.15, 0.2) is 18.5 Å². The number of Topliss-reactive ketones (excluding diaryl/α,β-unsaturated/α-hetero) is 3. The van der Waals surface area contributed by atoms with Gasteiger partial charge >= 0.3 is 0 Å². The molecule has 0 N–H and O–H groups in total. The third-order valence-corrected chi connectivity index (χ3v) is 1.53. The number of aromatic nitrogens is 2. The Morgan fingerprint density at radius 3 is 2.29 bits per heavy atom. The third kappa shape index (κ3) is 2.55. The molecule has 0 aliphatic heterocycles. The second-order valence-corrected chi connectivity index (χ2v) is 2.65. The van der Waals surface area contributed by atoms with E-state index in [9.17, 15) is 14.4 Å². The van der Waals surface area contributed by atoms with Gasteiger partial charge in [-0.2, -0.15) is 0 Å². The van der Waals surface area contributed by atoms with Crippen molar-refractivity contribution in [3.8, 4) is 0 Å². The van der Waals surface area contributed by atoms with E-state index in [1.807, 2.05) is 0 Å². The zero-order valence-corrected chi connectivity index (χ0v) is 7.56. The molecule has 14 heavy (non-hydrogen) atoms. The lowest BCUT2D eigenvalue weighted by Gasteiger charge is -1.95. The topological polar surface area (TPSA) is 77.0 Å². The quantitative estimate of drug-likeness (QED) is 0.387. The highest BCUT2D eigenvalue weighted by molar-refractivity contribution is 6.40. The molecule has 0 spiro atoms. The molecule has 1 aromatic rings. The fourth-order valence-corrected chi connectivity index (χ4v) is 0.792. The van der Waals surface area contributed by atoms with Crippen LogP contribution in [0, 0.1) is 0 Å². The maximum Gasteiger partial charge on any atom is 0.207 e. The molecular formula is C9H8N2O3. The van der Waals surface area contributed by atoms with Crippen molar-refractivity contribution in [2.24, 2.45) is 0 Å². The molecule has 0 aromatic carbocycles. The van der Waals surface area contributed by atoms with E-state index >= 15 is 0 Å². The molecule has 1 heterocycles. The van der Waals surface area contributed by atoms with Crippen LogP contribution in [0.3, 0.4) is 0 Å². The van der Waals surface area contributed by atoms with Crippen LogP contribution >= 0.6 is 0 Å². The van der Waals surface area contributed by atoms with E-state index in [4.69, 9.17) is 0 Å². The molecule has 1 rings (SSSR count). The van der Waals surface area contributed by atoms with Crippen LogP contribution in [0.5, 0.6) is 0 Å². The number of hydrogen-bond donors (Lipinski definition) is 0. The van der Waals surface area contributed by atoms with Crippen molar-refractivity contribution in [1.82, 2.24) is 9.97 Å². The smallest absolute Gasteiger partial charge is 0.207 e. The first-order chi connectivity index (χ1) is 6.61. The summed E-state index contributed by atoms with van der Waals surface area (Å²) in [6.45, 7) is 1.13. The highest BCUT2D eigenvalue weighted by Crippen LogP contribution is 1.96. The lowest BCUT2D eigenvalue weighted by Crippen LogP contribution is -2.16. The molecule has 0 fully saturated rings. The predicted octanol–water partition coefficient (Wildman–Crippen LogP) is 0.208. The van der Waals surface area contributed by atoms with Crippen LogP contribution in [-0.2, 0) is 9.59 Å². The van der Waals surface area contributed by atoms with Gasteiger partial charge in [-0.05, 0) is 6.07 Å². The summed E-state index contributed by atoms with van der Waals surface area (Å²) < 4.78 is 0. The lowest BCUT2D eigenvalue weighted by atomic mass is 10.1. The molecule has 0 amide bonds. The first-order valence-electron chi connectivity index (χ1n) is 3.95. The van der Waals surface area contributed by atoms with Gasteiger partial charge in [0.05, 0.1) is 6.42 Å². The molecule has 0 saturated carbocycles. The van der Waals surface area contributed by atoms with Crippen LogP contribution < -0.4 is 0 Å². The van der Waals surface area contributed by atoms with Crippen LogP contribution in [0.2, 0.25) is 0 Å². The monoisotopic (exact) mass is 192 g/mol. The summed E-state index contributed by atoms with van der Waals surface area (Å²) in [5, 5.41) is 0. The zero-order valence-electron chi connectivity index (χ0n) is 7.56. The Morgan fingerprint density at radius 1 is 1.21 bits per heavy atom. The van der Waals surface area contributed by atoms with Crippen LogP contribution in [0.1, 0.15) is 24.0 Å². The van der Waals surface area contributed by atoms with Crippen LogP contribution in [0.25, 0.3) is 0 Å². The van der Waals surface area contributed by atoms with Crippen LogP contribution in [-0.4, -0.2) is 27.3 Å². The second-order valence-electron chi connectivity index (χ2n) is 2.65. The average molecular weight is 192 g/mol. The van der Waals surface area contributed by atoms with Gasteiger partial charge in [0.25, 0.3) is 0 Å². The number of ketones is 3.